The van der Waals surface area contributed by atoms with Crippen LogP contribution in [0.15, 0.2) is 24.3 Å². The van der Waals surface area contributed by atoms with Gasteiger partial charge in [0.05, 0.1) is 25.2 Å². The van der Waals surface area contributed by atoms with Gasteiger partial charge in [0.1, 0.15) is 0 Å². The topological polar surface area (TPSA) is 81.4 Å². The molecule has 0 unspecified atom stereocenters. The van der Waals surface area contributed by atoms with E-state index in [9.17, 15) is 9.59 Å². The zero-order valence-corrected chi connectivity index (χ0v) is 10.9. The van der Waals surface area contributed by atoms with Crippen molar-refractivity contribution in [1.29, 1.82) is 0 Å². The molecule has 0 bridgehead atoms. The van der Waals surface area contributed by atoms with Crippen LogP contribution < -0.4 is 11.1 Å². The lowest BCUT2D eigenvalue weighted by Crippen LogP contribution is -2.59. The summed E-state index contributed by atoms with van der Waals surface area (Å²) >= 11 is 0. The lowest BCUT2D eigenvalue weighted by Gasteiger charge is -2.36. The minimum Gasteiger partial charge on any atom is -0.377 e. The summed E-state index contributed by atoms with van der Waals surface area (Å²) < 4.78 is 4.97. The fourth-order valence-electron chi connectivity index (χ4n) is 2.01. The average molecular weight is 262 g/mol. The van der Waals surface area contributed by atoms with Crippen LogP contribution >= 0.6 is 0 Å². The highest BCUT2D eigenvalue weighted by molar-refractivity contribution is 5.96. The Morgan fingerprint density at radius 2 is 2.00 bits per heavy atom. The first-order chi connectivity index (χ1) is 8.98. The van der Waals surface area contributed by atoms with Crippen LogP contribution in [-0.2, 0) is 20.7 Å². The molecule has 102 valence electrons. The van der Waals surface area contributed by atoms with Gasteiger partial charge in [-0.3, -0.25) is 14.9 Å². The quantitative estimate of drug-likeness (QED) is 0.817. The summed E-state index contributed by atoms with van der Waals surface area (Å²) in [7, 11) is 0. The zero-order valence-electron chi connectivity index (χ0n) is 10.9. The number of aryl methyl sites for hydroxylation is 1. The van der Waals surface area contributed by atoms with Crippen molar-refractivity contribution in [2.75, 3.05) is 13.2 Å². The van der Waals surface area contributed by atoms with Gasteiger partial charge in [-0.25, -0.2) is 0 Å². The van der Waals surface area contributed by atoms with Crippen LogP contribution in [-0.4, -0.2) is 30.6 Å². The fourth-order valence-corrected chi connectivity index (χ4v) is 2.01. The van der Waals surface area contributed by atoms with E-state index in [1.165, 1.54) is 0 Å². The number of rotatable bonds is 4. The van der Waals surface area contributed by atoms with Gasteiger partial charge in [-0.15, -0.1) is 0 Å². The standard InChI is InChI=1S/C14H18N2O3/c1-10-4-2-3-5-11(10)6-12(17)16-13(18)7-14(15)8-19-9-14/h2-5H,6-9,15H2,1H3,(H,16,17,18). The van der Waals surface area contributed by atoms with Crippen molar-refractivity contribution < 1.29 is 14.3 Å². The Balaban J connectivity index is 1.84. The van der Waals surface area contributed by atoms with Crippen LogP contribution in [0.3, 0.4) is 0 Å². The zero-order chi connectivity index (χ0) is 13.9. The molecule has 5 heteroatoms. The lowest BCUT2D eigenvalue weighted by atomic mass is 9.94. The number of carbonyl (C=O) groups is 2. The molecule has 1 aromatic rings. The van der Waals surface area contributed by atoms with E-state index in [0.29, 0.717) is 13.2 Å². The third kappa shape index (κ3) is 3.62. The Morgan fingerprint density at radius 3 is 2.58 bits per heavy atom. The molecule has 3 N–H and O–H groups in total. The number of hydrogen-bond acceptors (Lipinski definition) is 4. The van der Waals surface area contributed by atoms with E-state index in [2.05, 4.69) is 5.32 Å². The maximum atomic E-state index is 11.8. The van der Waals surface area contributed by atoms with E-state index in [4.69, 9.17) is 10.5 Å². The average Bonchev–Trinajstić information content (AvgIpc) is 2.30. The number of imide groups is 1. The number of nitrogens with two attached hydrogens (primary N) is 1. The molecule has 0 aliphatic carbocycles. The SMILES string of the molecule is Cc1ccccc1CC(=O)NC(=O)CC1(N)COC1. The van der Waals surface area contributed by atoms with Crippen molar-refractivity contribution in [3.8, 4) is 0 Å². The molecule has 19 heavy (non-hydrogen) atoms. The molecule has 2 amide bonds. The maximum absolute atomic E-state index is 11.8. The summed E-state index contributed by atoms with van der Waals surface area (Å²) in [4.78, 5) is 23.4. The van der Waals surface area contributed by atoms with Crippen molar-refractivity contribution in [3.63, 3.8) is 0 Å². The number of amides is 2. The van der Waals surface area contributed by atoms with Crippen LogP contribution in [0.25, 0.3) is 0 Å². The third-order valence-corrected chi connectivity index (χ3v) is 3.18. The second-order valence-corrected chi connectivity index (χ2v) is 5.11. The van der Waals surface area contributed by atoms with Crippen molar-refractivity contribution in [2.45, 2.75) is 25.3 Å². The van der Waals surface area contributed by atoms with E-state index < -0.39 is 5.54 Å². The Labute approximate surface area is 112 Å². The normalized spacial score (nSPS) is 16.5. The van der Waals surface area contributed by atoms with E-state index >= 15 is 0 Å². The van der Waals surface area contributed by atoms with Gasteiger partial charge in [-0.1, -0.05) is 24.3 Å². The molecule has 0 radical (unpaired) electrons. The second kappa shape index (κ2) is 5.50. The Morgan fingerprint density at radius 1 is 1.32 bits per heavy atom. The van der Waals surface area contributed by atoms with Gasteiger partial charge in [0.15, 0.2) is 0 Å². The molecule has 5 nitrogen and oxygen atoms in total. The summed E-state index contributed by atoms with van der Waals surface area (Å²) in [5.74, 6) is -0.646. The largest absolute Gasteiger partial charge is 0.377 e. The molecule has 0 saturated carbocycles. The Kier molecular flexibility index (Phi) is 3.97. The fraction of sp³-hybridized carbons (Fsp3) is 0.429. The summed E-state index contributed by atoms with van der Waals surface area (Å²) in [5, 5.41) is 2.37. The summed E-state index contributed by atoms with van der Waals surface area (Å²) in [6.45, 7) is 2.67. The number of carbonyl (C=O) groups excluding carboxylic acids is 2. The van der Waals surface area contributed by atoms with E-state index in [-0.39, 0.29) is 24.7 Å². The molecule has 0 atom stereocenters. The molecular formula is C14H18N2O3. The molecule has 1 aliphatic rings. The van der Waals surface area contributed by atoms with E-state index in [1.807, 2.05) is 31.2 Å². The van der Waals surface area contributed by atoms with Crippen molar-refractivity contribution in [3.05, 3.63) is 35.4 Å². The van der Waals surface area contributed by atoms with Crippen LogP contribution in [0, 0.1) is 6.92 Å². The van der Waals surface area contributed by atoms with Crippen molar-refractivity contribution >= 4 is 11.8 Å². The molecule has 0 spiro atoms. The highest BCUT2D eigenvalue weighted by Crippen LogP contribution is 2.17. The Bertz CT molecular complexity index is 495. The maximum Gasteiger partial charge on any atom is 0.230 e. The van der Waals surface area contributed by atoms with E-state index in [0.717, 1.165) is 11.1 Å². The molecule has 2 rings (SSSR count). The molecular weight excluding hydrogens is 244 g/mol. The number of ether oxygens (including phenoxy) is 1. The van der Waals surface area contributed by atoms with Crippen LogP contribution in [0.2, 0.25) is 0 Å². The number of hydrogen-bond donors (Lipinski definition) is 2. The lowest BCUT2D eigenvalue weighted by molar-refractivity contribution is -0.134. The van der Waals surface area contributed by atoms with Gasteiger partial charge < -0.3 is 10.5 Å². The number of nitrogens with one attached hydrogen (secondary N) is 1. The molecule has 1 aliphatic heterocycles. The minimum absolute atomic E-state index is 0.118. The van der Waals surface area contributed by atoms with Gasteiger partial charge in [-0.2, -0.15) is 0 Å². The first kappa shape index (κ1) is 13.7. The second-order valence-electron chi connectivity index (χ2n) is 5.11. The molecule has 1 aromatic carbocycles. The third-order valence-electron chi connectivity index (χ3n) is 3.18. The minimum atomic E-state index is -0.604. The van der Waals surface area contributed by atoms with Crippen LogP contribution in [0.5, 0.6) is 0 Å². The number of benzene rings is 1. The van der Waals surface area contributed by atoms with Gasteiger partial charge in [0, 0.05) is 6.42 Å². The first-order valence-corrected chi connectivity index (χ1v) is 6.22. The van der Waals surface area contributed by atoms with Crippen LogP contribution in [0.4, 0.5) is 0 Å². The van der Waals surface area contributed by atoms with Gasteiger partial charge in [0.25, 0.3) is 0 Å². The highest BCUT2D eigenvalue weighted by Gasteiger charge is 2.36. The molecule has 1 heterocycles. The van der Waals surface area contributed by atoms with Gasteiger partial charge >= 0.3 is 0 Å². The highest BCUT2D eigenvalue weighted by atomic mass is 16.5. The smallest absolute Gasteiger partial charge is 0.230 e. The predicted octanol–water partition coefficient (Wildman–Crippen LogP) is 0.298. The summed E-state index contributed by atoms with van der Waals surface area (Å²) in [6, 6.07) is 7.60. The van der Waals surface area contributed by atoms with Gasteiger partial charge in [0.2, 0.25) is 11.8 Å². The van der Waals surface area contributed by atoms with E-state index in [1.54, 1.807) is 0 Å². The summed E-state index contributed by atoms with van der Waals surface area (Å²) in [6.07, 6.45) is 0.318. The monoisotopic (exact) mass is 262 g/mol. The van der Waals surface area contributed by atoms with Crippen LogP contribution in [0.1, 0.15) is 17.5 Å². The molecule has 1 saturated heterocycles. The molecule has 0 aromatic heterocycles. The Hall–Kier alpha value is -1.72. The first-order valence-electron chi connectivity index (χ1n) is 6.22. The van der Waals surface area contributed by atoms with Crippen molar-refractivity contribution in [2.24, 2.45) is 5.73 Å². The van der Waals surface area contributed by atoms with Gasteiger partial charge in [-0.05, 0) is 18.1 Å². The predicted molar refractivity (Wildman–Crippen MR) is 70.4 cm³/mol. The van der Waals surface area contributed by atoms with Crippen molar-refractivity contribution in [1.82, 2.24) is 5.32 Å². The molecule has 1 fully saturated rings. The summed E-state index contributed by atoms with van der Waals surface area (Å²) in [5.41, 5.74) is 7.21.